The first kappa shape index (κ1) is 12.7. The molecule has 2 N–H and O–H groups in total. The van der Waals surface area contributed by atoms with Gasteiger partial charge in [-0.3, -0.25) is 0 Å². The van der Waals surface area contributed by atoms with Crippen LogP contribution in [0, 0.1) is 11.3 Å². The van der Waals surface area contributed by atoms with E-state index in [0.29, 0.717) is 22.8 Å². The second kappa shape index (κ2) is 4.52. The lowest BCUT2D eigenvalue weighted by Crippen LogP contribution is -2.33. The minimum absolute atomic E-state index is 0.288. The maximum Gasteiger partial charge on any atom is 0.140 e. The summed E-state index contributed by atoms with van der Waals surface area (Å²) in [7, 11) is 0. The number of hydrogen-bond acceptors (Lipinski definition) is 2. The number of aromatic nitrogens is 2. The molecular formula is C13H22ClN3. The number of hydrogen-bond donors (Lipinski definition) is 1. The minimum Gasteiger partial charge on any atom is -0.383 e. The first-order valence-electron chi connectivity index (χ1n) is 6.39. The average Bonchev–Trinajstić information content (AvgIpc) is 2.59. The zero-order valence-electron chi connectivity index (χ0n) is 10.9. The first-order valence-corrected chi connectivity index (χ1v) is 6.77. The van der Waals surface area contributed by atoms with Crippen molar-refractivity contribution in [3.8, 4) is 0 Å². The van der Waals surface area contributed by atoms with Gasteiger partial charge in [-0.15, -0.1) is 0 Å². The molecule has 0 aromatic carbocycles. The molecule has 17 heavy (non-hydrogen) atoms. The van der Waals surface area contributed by atoms with E-state index < -0.39 is 0 Å². The molecule has 0 radical (unpaired) electrons. The minimum atomic E-state index is 0.288. The Hall–Kier alpha value is -0.700. The van der Waals surface area contributed by atoms with Crippen LogP contribution < -0.4 is 5.73 Å². The molecule has 1 heterocycles. The fourth-order valence-corrected chi connectivity index (χ4v) is 3.16. The van der Waals surface area contributed by atoms with Crippen molar-refractivity contribution in [2.75, 3.05) is 5.73 Å². The molecule has 1 aromatic heterocycles. The summed E-state index contributed by atoms with van der Waals surface area (Å²) in [6.45, 7) is 6.91. The molecule has 0 amide bonds. The highest BCUT2D eigenvalue weighted by atomic mass is 35.5. The largest absolute Gasteiger partial charge is 0.383 e. The Morgan fingerprint density at radius 1 is 1.35 bits per heavy atom. The molecule has 4 heteroatoms. The second-order valence-electron chi connectivity index (χ2n) is 6.15. The van der Waals surface area contributed by atoms with Crippen molar-refractivity contribution in [2.24, 2.45) is 11.3 Å². The van der Waals surface area contributed by atoms with Crippen LogP contribution in [-0.4, -0.2) is 9.78 Å². The van der Waals surface area contributed by atoms with Crippen LogP contribution in [0.4, 0.5) is 5.82 Å². The summed E-state index contributed by atoms with van der Waals surface area (Å²) in [5.74, 6) is 1.24. The highest BCUT2D eigenvalue weighted by Gasteiger charge is 2.36. The summed E-state index contributed by atoms with van der Waals surface area (Å²) in [6.07, 6.45) is 6.64. The van der Waals surface area contributed by atoms with Gasteiger partial charge < -0.3 is 5.73 Å². The molecular weight excluding hydrogens is 234 g/mol. The maximum absolute atomic E-state index is 6.01. The Balaban J connectivity index is 2.31. The fourth-order valence-electron chi connectivity index (χ4n) is 3.03. The predicted molar refractivity (Wildman–Crippen MR) is 72.1 cm³/mol. The number of anilines is 1. The summed E-state index contributed by atoms with van der Waals surface area (Å²) in [5, 5.41) is 4.93. The third-order valence-electron chi connectivity index (χ3n) is 3.94. The molecule has 0 aliphatic heterocycles. The molecule has 2 unspecified atom stereocenters. The van der Waals surface area contributed by atoms with E-state index in [1.807, 2.05) is 4.68 Å². The number of rotatable bonds is 1. The van der Waals surface area contributed by atoms with E-state index in [1.165, 1.54) is 19.3 Å². The van der Waals surface area contributed by atoms with Crippen molar-refractivity contribution in [1.29, 1.82) is 0 Å². The number of halogens is 1. The summed E-state index contributed by atoms with van der Waals surface area (Å²) in [4.78, 5) is 0. The Bertz CT molecular complexity index is 392. The molecule has 1 aliphatic rings. The molecule has 1 saturated carbocycles. The Labute approximate surface area is 108 Å². The van der Waals surface area contributed by atoms with Gasteiger partial charge in [0, 0.05) is 0 Å². The summed E-state index contributed by atoms with van der Waals surface area (Å²) in [5.41, 5.74) is 6.30. The van der Waals surface area contributed by atoms with Gasteiger partial charge in [0.2, 0.25) is 0 Å². The van der Waals surface area contributed by atoms with Crippen LogP contribution in [0.5, 0.6) is 0 Å². The van der Waals surface area contributed by atoms with E-state index in [1.54, 1.807) is 6.20 Å². The van der Waals surface area contributed by atoms with Crippen LogP contribution in [-0.2, 0) is 0 Å². The van der Waals surface area contributed by atoms with Gasteiger partial charge in [0.1, 0.15) is 10.8 Å². The third kappa shape index (κ3) is 2.44. The molecule has 1 fully saturated rings. The Morgan fingerprint density at radius 2 is 2.00 bits per heavy atom. The zero-order chi connectivity index (χ0) is 12.6. The van der Waals surface area contributed by atoms with Crippen LogP contribution in [0.2, 0.25) is 5.02 Å². The van der Waals surface area contributed by atoms with E-state index in [-0.39, 0.29) is 5.41 Å². The maximum atomic E-state index is 6.01. The van der Waals surface area contributed by atoms with Crippen LogP contribution >= 0.6 is 11.6 Å². The molecule has 3 nitrogen and oxygen atoms in total. The van der Waals surface area contributed by atoms with E-state index in [2.05, 4.69) is 25.9 Å². The monoisotopic (exact) mass is 255 g/mol. The van der Waals surface area contributed by atoms with Crippen molar-refractivity contribution >= 4 is 17.4 Å². The highest BCUT2D eigenvalue weighted by molar-refractivity contribution is 6.32. The number of nitrogens with two attached hydrogens (primary N) is 1. The lowest BCUT2D eigenvalue weighted by atomic mass is 9.69. The van der Waals surface area contributed by atoms with Gasteiger partial charge >= 0.3 is 0 Å². The predicted octanol–water partition coefficient (Wildman–Crippen LogP) is 3.90. The Morgan fingerprint density at radius 3 is 2.53 bits per heavy atom. The normalized spacial score (nSPS) is 26.1. The van der Waals surface area contributed by atoms with E-state index >= 15 is 0 Å². The molecule has 0 saturated heterocycles. The van der Waals surface area contributed by atoms with Crippen molar-refractivity contribution in [3.05, 3.63) is 11.2 Å². The smallest absolute Gasteiger partial charge is 0.140 e. The average molecular weight is 256 g/mol. The fraction of sp³-hybridized carbons (Fsp3) is 0.769. The Kier molecular flexibility index (Phi) is 3.39. The van der Waals surface area contributed by atoms with Gasteiger partial charge in [0.05, 0.1) is 12.2 Å². The number of nitrogen functional groups attached to an aromatic ring is 1. The van der Waals surface area contributed by atoms with Crippen LogP contribution in [0.25, 0.3) is 0 Å². The van der Waals surface area contributed by atoms with Crippen LogP contribution in [0.1, 0.15) is 52.5 Å². The molecule has 2 rings (SSSR count). The second-order valence-corrected chi connectivity index (χ2v) is 6.55. The third-order valence-corrected chi connectivity index (χ3v) is 4.23. The van der Waals surface area contributed by atoms with E-state index in [4.69, 9.17) is 17.3 Å². The molecule has 96 valence electrons. The quantitative estimate of drug-likeness (QED) is 0.827. The summed E-state index contributed by atoms with van der Waals surface area (Å²) in [6, 6.07) is 0.399. The lowest BCUT2D eigenvalue weighted by molar-refractivity contribution is 0.107. The van der Waals surface area contributed by atoms with Crippen LogP contribution in [0.15, 0.2) is 6.20 Å². The molecule has 1 aromatic rings. The first-order chi connectivity index (χ1) is 7.91. The van der Waals surface area contributed by atoms with Crippen molar-refractivity contribution in [2.45, 2.75) is 52.5 Å². The van der Waals surface area contributed by atoms with Gasteiger partial charge in [-0.2, -0.15) is 5.10 Å². The van der Waals surface area contributed by atoms with Gasteiger partial charge in [0.15, 0.2) is 0 Å². The topological polar surface area (TPSA) is 43.8 Å². The van der Waals surface area contributed by atoms with E-state index in [9.17, 15) is 0 Å². The van der Waals surface area contributed by atoms with E-state index in [0.717, 1.165) is 6.42 Å². The SMILES string of the molecule is CC(C)(C)C1CCCCC1n1ncc(Cl)c1N. The van der Waals surface area contributed by atoms with Crippen molar-refractivity contribution in [3.63, 3.8) is 0 Å². The molecule has 1 aliphatic carbocycles. The van der Waals surface area contributed by atoms with Crippen molar-refractivity contribution in [1.82, 2.24) is 9.78 Å². The highest BCUT2D eigenvalue weighted by Crippen LogP contribution is 2.45. The summed E-state index contributed by atoms with van der Waals surface area (Å²) < 4.78 is 1.94. The molecule has 0 bridgehead atoms. The van der Waals surface area contributed by atoms with Gasteiger partial charge in [0.25, 0.3) is 0 Å². The molecule has 0 spiro atoms. The van der Waals surface area contributed by atoms with Crippen LogP contribution in [0.3, 0.4) is 0 Å². The summed E-state index contributed by atoms with van der Waals surface area (Å²) >= 11 is 6.00. The van der Waals surface area contributed by atoms with Gasteiger partial charge in [-0.05, 0) is 24.2 Å². The van der Waals surface area contributed by atoms with Crippen molar-refractivity contribution < 1.29 is 0 Å². The number of nitrogens with zero attached hydrogens (tertiary/aromatic N) is 2. The lowest BCUT2D eigenvalue weighted by Gasteiger charge is -2.40. The zero-order valence-corrected chi connectivity index (χ0v) is 11.7. The van der Waals surface area contributed by atoms with Gasteiger partial charge in [-0.25, -0.2) is 4.68 Å². The standard InChI is InChI=1S/C13H22ClN3/c1-13(2,3)9-6-4-5-7-11(9)17-12(15)10(14)8-16-17/h8-9,11H,4-7,15H2,1-3H3. The van der Waals surface area contributed by atoms with Gasteiger partial charge in [-0.1, -0.05) is 45.2 Å². The molecule has 2 atom stereocenters.